The van der Waals surface area contributed by atoms with Crippen molar-refractivity contribution in [2.75, 3.05) is 0 Å². The van der Waals surface area contributed by atoms with Crippen LogP contribution >= 0.6 is 0 Å². The molecule has 0 nitrogen and oxygen atoms in total. The summed E-state index contributed by atoms with van der Waals surface area (Å²) in [6.45, 7) is 6.38. The summed E-state index contributed by atoms with van der Waals surface area (Å²) >= 11 is 0. The Morgan fingerprint density at radius 3 is 1.68 bits per heavy atom. The molecule has 2 aromatic carbocycles. The van der Waals surface area contributed by atoms with E-state index in [1.807, 2.05) is 0 Å². The Bertz CT molecular complexity index is 471. The predicted octanol–water partition coefficient (Wildman–Crippen LogP) is 6.26. The maximum atomic E-state index is 4.06. The fourth-order valence-corrected chi connectivity index (χ4v) is 3.63. The monoisotopic (exact) mass is 293 g/mol. The SMILES string of the molecule is [CH2]CCCC(CCC)(Cc1ccccc1)Cc1ccccc1. The molecule has 2 rings (SSSR count). The van der Waals surface area contributed by atoms with Gasteiger partial charge in [0.2, 0.25) is 0 Å². The fraction of sp³-hybridized carbons (Fsp3) is 0.409. The van der Waals surface area contributed by atoms with Gasteiger partial charge in [-0.25, -0.2) is 0 Å². The molecule has 0 amide bonds. The van der Waals surface area contributed by atoms with Gasteiger partial charge in [0.1, 0.15) is 0 Å². The topological polar surface area (TPSA) is 0 Å². The molecule has 117 valence electrons. The standard InChI is InChI=1S/C22H29/c1-3-5-17-22(16-4-2,18-20-12-8-6-9-13-20)19-21-14-10-7-11-15-21/h6-15H,1,3-5,16-19H2,2H3. The zero-order valence-corrected chi connectivity index (χ0v) is 13.9. The fourth-order valence-electron chi connectivity index (χ4n) is 3.63. The van der Waals surface area contributed by atoms with Crippen LogP contribution in [0, 0.1) is 12.3 Å². The van der Waals surface area contributed by atoms with Gasteiger partial charge in [-0.15, -0.1) is 0 Å². The molecule has 0 atom stereocenters. The predicted molar refractivity (Wildman–Crippen MR) is 96.8 cm³/mol. The van der Waals surface area contributed by atoms with Crippen LogP contribution in [0.1, 0.15) is 50.2 Å². The first-order valence-electron chi connectivity index (χ1n) is 8.65. The Labute approximate surface area is 136 Å². The third-order valence-electron chi connectivity index (χ3n) is 4.58. The molecule has 0 heteroatoms. The van der Waals surface area contributed by atoms with Crippen molar-refractivity contribution >= 4 is 0 Å². The van der Waals surface area contributed by atoms with E-state index in [1.165, 1.54) is 49.7 Å². The number of hydrogen-bond donors (Lipinski definition) is 0. The maximum Gasteiger partial charge on any atom is -0.0217 e. The molecule has 0 saturated heterocycles. The van der Waals surface area contributed by atoms with Gasteiger partial charge in [0.25, 0.3) is 0 Å². The molecule has 0 heterocycles. The summed E-state index contributed by atoms with van der Waals surface area (Å²) < 4.78 is 0. The van der Waals surface area contributed by atoms with E-state index in [-0.39, 0.29) is 0 Å². The van der Waals surface area contributed by atoms with E-state index >= 15 is 0 Å². The summed E-state index contributed by atoms with van der Waals surface area (Å²) in [5.74, 6) is 0. The summed E-state index contributed by atoms with van der Waals surface area (Å²) in [7, 11) is 0. The molecule has 0 unspecified atom stereocenters. The molecule has 2 aromatic rings. The van der Waals surface area contributed by atoms with Gasteiger partial charge in [-0.3, -0.25) is 0 Å². The largest absolute Gasteiger partial charge is 0.0654 e. The molecule has 0 aliphatic heterocycles. The van der Waals surface area contributed by atoms with E-state index in [9.17, 15) is 0 Å². The van der Waals surface area contributed by atoms with Crippen LogP contribution < -0.4 is 0 Å². The van der Waals surface area contributed by atoms with Crippen LogP contribution in [0.5, 0.6) is 0 Å². The van der Waals surface area contributed by atoms with Crippen molar-refractivity contribution in [1.29, 1.82) is 0 Å². The summed E-state index contributed by atoms with van der Waals surface area (Å²) in [6, 6.07) is 22.0. The van der Waals surface area contributed by atoms with E-state index in [1.54, 1.807) is 0 Å². The molecule has 1 radical (unpaired) electrons. The third-order valence-corrected chi connectivity index (χ3v) is 4.58. The van der Waals surface area contributed by atoms with Crippen molar-refractivity contribution in [2.45, 2.75) is 51.9 Å². The Kier molecular flexibility index (Phi) is 6.71. The molecular weight excluding hydrogens is 264 g/mol. The zero-order valence-electron chi connectivity index (χ0n) is 13.9. The van der Waals surface area contributed by atoms with Crippen LogP contribution in [-0.2, 0) is 12.8 Å². The van der Waals surface area contributed by atoms with Gasteiger partial charge in [-0.2, -0.15) is 0 Å². The van der Waals surface area contributed by atoms with E-state index in [4.69, 9.17) is 0 Å². The van der Waals surface area contributed by atoms with Gasteiger partial charge >= 0.3 is 0 Å². The molecule has 0 saturated carbocycles. The highest BCUT2D eigenvalue weighted by Crippen LogP contribution is 2.38. The molecule has 0 aliphatic carbocycles. The molecule has 0 aliphatic rings. The van der Waals surface area contributed by atoms with Crippen molar-refractivity contribution in [3.63, 3.8) is 0 Å². The Balaban J connectivity index is 2.23. The number of unbranched alkanes of at least 4 members (excludes halogenated alkanes) is 1. The Morgan fingerprint density at radius 1 is 0.773 bits per heavy atom. The van der Waals surface area contributed by atoms with Crippen molar-refractivity contribution in [3.05, 3.63) is 78.7 Å². The maximum absolute atomic E-state index is 4.06. The molecule has 0 fully saturated rings. The van der Waals surface area contributed by atoms with Crippen LogP contribution in [0.2, 0.25) is 0 Å². The second-order valence-corrected chi connectivity index (χ2v) is 6.53. The summed E-state index contributed by atoms with van der Waals surface area (Å²) in [5.41, 5.74) is 3.31. The van der Waals surface area contributed by atoms with E-state index in [0.717, 1.165) is 6.42 Å². The number of benzene rings is 2. The van der Waals surface area contributed by atoms with E-state index in [0.29, 0.717) is 5.41 Å². The smallest absolute Gasteiger partial charge is 0.0217 e. The summed E-state index contributed by atoms with van der Waals surface area (Å²) in [5, 5.41) is 0. The van der Waals surface area contributed by atoms with Crippen molar-refractivity contribution in [2.24, 2.45) is 5.41 Å². The van der Waals surface area contributed by atoms with Gasteiger partial charge in [0, 0.05) is 0 Å². The molecule has 0 N–H and O–H groups in total. The molecular formula is C22H29. The van der Waals surface area contributed by atoms with Gasteiger partial charge in [0.05, 0.1) is 0 Å². The number of rotatable bonds is 9. The van der Waals surface area contributed by atoms with Gasteiger partial charge in [-0.05, 0) is 42.2 Å². The van der Waals surface area contributed by atoms with E-state index in [2.05, 4.69) is 74.5 Å². The van der Waals surface area contributed by atoms with Crippen LogP contribution in [0.25, 0.3) is 0 Å². The lowest BCUT2D eigenvalue weighted by atomic mass is 9.70. The van der Waals surface area contributed by atoms with Gasteiger partial charge < -0.3 is 0 Å². The third kappa shape index (κ3) is 5.02. The summed E-state index contributed by atoms with van der Waals surface area (Å²) in [4.78, 5) is 0. The lowest BCUT2D eigenvalue weighted by molar-refractivity contribution is 0.226. The minimum Gasteiger partial charge on any atom is -0.0654 e. The Hall–Kier alpha value is -1.56. The van der Waals surface area contributed by atoms with E-state index < -0.39 is 0 Å². The highest BCUT2D eigenvalue weighted by atomic mass is 14.3. The molecule has 0 aromatic heterocycles. The highest BCUT2D eigenvalue weighted by molar-refractivity contribution is 5.21. The lowest BCUT2D eigenvalue weighted by Gasteiger charge is -2.34. The van der Waals surface area contributed by atoms with Crippen LogP contribution in [0.15, 0.2) is 60.7 Å². The Morgan fingerprint density at radius 2 is 1.27 bits per heavy atom. The average Bonchev–Trinajstić information content (AvgIpc) is 2.55. The van der Waals surface area contributed by atoms with Crippen LogP contribution in [0.4, 0.5) is 0 Å². The lowest BCUT2D eigenvalue weighted by Crippen LogP contribution is -2.27. The average molecular weight is 293 g/mol. The highest BCUT2D eigenvalue weighted by Gasteiger charge is 2.29. The first-order valence-corrected chi connectivity index (χ1v) is 8.65. The zero-order chi connectivity index (χ0) is 15.7. The van der Waals surface area contributed by atoms with Crippen molar-refractivity contribution < 1.29 is 0 Å². The van der Waals surface area contributed by atoms with Crippen LogP contribution in [-0.4, -0.2) is 0 Å². The minimum absolute atomic E-state index is 0.370. The first kappa shape index (κ1) is 16.8. The summed E-state index contributed by atoms with van der Waals surface area (Å²) in [6.07, 6.45) is 8.42. The minimum atomic E-state index is 0.370. The van der Waals surface area contributed by atoms with Crippen molar-refractivity contribution in [1.82, 2.24) is 0 Å². The van der Waals surface area contributed by atoms with Gasteiger partial charge in [0.15, 0.2) is 0 Å². The second-order valence-electron chi connectivity index (χ2n) is 6.53. The number of hydrogen-bond acceptors (Lipinski definition) is 0. The normalized spacial score (nSPS) is 11.5. The quantitative estimate of drug-likeness (QED) is 0.511. The second kappa shape index (κ2) is 8.78. The van der Waals surface area contributed by atoms with Crippen molar-refractivity contribution in [3.8, 4) is 0 Å². The van der Waals surface area contributed by atoms with Crippen LogP contribution in [0.3, 0.4) is 0 Å². The first-order chi connectivity index (χ1) is 10.8. The molecule has 22 heavy (non-hydrogen) atoms. The van der Waals surface area contributed by atoms with Gasteiger partial charge in [-0.1, -0.05) is 93.8 Å². The molecule has 0 spiro atoms. The molecule has 0 bridgehead atoms.